The fourth-order valence-electron chi connectivity index (χ4n) is 1.80. The molecule has 0 spiro atoms. The van der Waals surface area contributed by atoms with Gasteiger partial charge in [-0.05, 0) is 24.1 Å². The Bertz CT molecular complexity index is 377. The summed E-state index contributed by atoms with van der Waals surface area (Å²) in [5.74, 6) is -0.152. The molecule has 3 heteroatoms. The van der Waals surface area contributed by atoms with Crippen molar-refractivity contribution in [1.82, 2.24) is 5.32 Å². The third-order valence-corrected chi connectivity index (χ3v) is 2.89. The number of nitrogens with zero attached hydrogens (tertiary/aromatic N) is 1. The molecule has 100 valence electrons. The molecule has 2 nitrogen and oxygen atoms in total. The molecule has 0 fully saturated rings. The van der Waals surface area contributed by atoms with Crippen LogP contribution in [0.3, 0.4) is 0 Å². The van der Waals surface area contributed by atoms with Gasteiger partial charge in [-0.3, -0.25) is 0 Å². The van der Waals surface area contributed by atoms with E-state index in [0.29, 0.717) is 5.69 Å². The summed E-state index contributed by atoms with van der Waals surface area (Å²) in [5, 5.41) is 3.22. The Morgan fingerprint density at radius 1 is 1.44 bits per heavy atom. The Morgan fingerprint density at radius 3 is 2.89 bits per heavy atom. The number of halogens is 1. The number of nitrogens with one attached hydrogen (secondary N) is 1. The largest absolute Gasteiger partial charge is 0.372 e. The van der Waals surface area contributed by atoms with Gasteiger partial charge in [0, 0.05) is 26.7 Å². The van der Waals surface area contributed by atoms with Gasteiger partial charge in [0.05, 0.1) is 5.69 Å². The second kappa shape index (κ2) is 7.88. The van der Waals surface area contributed by atoms with Crippen molar-refractivity contribution < 1.29 is 4.39 Å². The fourth-order valence-corrected chi connectivity index (χ4v) is 1.80. The van der Waals surface area contributed by atoms with Crippen molar-refractivity contribution in [3.8, 4) is 0 Å². The molecule has 0 unspecified atom stereocenters. The molecule has 1 aromatic rings. The predicted octanol–water partition coefficient (Wildman–Crippen LogP) is 3.34. The van der Waals surface area contributed by atoms with Crippen LogP contribution in [0.1, 0.15) is 25.3 Å². The Labute approximate surface area is 110 Å². The molecule has 0 aliphatic rings. The number of benzene rings is 1. The van der Waals surface area contributed by atoms with Crippen molar-refractivity contribution in [2.75, 3.05) is 25.0 Å². The van der Waals surface area contributed by atoms with Crippen LogP contribution >= 0.6 is 0 Å². The Hall–Kier alpha value is -1.35. The minimum atomic E-state index is -0.152. The van der Waals surface area contributed by atoms with Crippen LogP contribution in [-0.2, 0) is 6.54 Å². The maximum Gasteiger partial charge on any atom is 0.146 e. The van der Waals surface area contributed by atoms with Crippen molar-refractivity contribution in [3.63, 3.8) is 0 Å². The van der Waals surface area contributed by atoms with E-state index in [9.17, 15) is 4.39 Å². The SMILES string of the molecule is C=CCNCc1ccc(F)c(N(C)CCCC)c1. The molecule has 0 saturated heterocycles. The highest BCUT2D eigenvalue weighted by Crippen LogP contribution is 2.20. The van der Waals surface area contributed by atoms with Crippen molar-refractivity contribution in [2.24, 2.45) is 0 Å². The van der Waals surface area contributed by atoms with Crippen LogP contribution in [-0.4, -0.2) is 20.1 Å². The first-order valence-corrected chi connectivity index (χ1v) is 6.50. The zero-order chi connectivity index (χ0) is 13.4. The smallest absolute Gasteiger partial charge is 0.146 e. The topological polar surface area (TPSA) is 15.3 Å². The lowest BCUT2D eigenvalue weighted by Gasteiger charge is -2.20. The molecule has 0 radical (unpaired) electrons. The van der Waals surface area contributed by atoms with Gasteiger partial charge >= 0.3 is 0 Å². The lowest BCUT2D eigenvalue weighted by molar-refractivity contribution is 0.618. The van der Waals surface area contributed by atoms with E-state index in [4.69, 9.17) is 0 Å². The van der Waals surface area contributed by atoms with Gasteiger partial charge in [0.25, 0.3) is 0 Å². The number of hydrogen-bond acceptors (Lipinski definition) is 2. The summed E-state index contributed by atoms with van der Waals surface area (Å²) in [6.45, 7) is 8.18. The van der Waals surface area contributed by atoms with Gasteiger partial charge in [-0.1, -0.05) is 25.5 Å². The standard InChI is InChI=1S/C15H23FN2/c1-4-6-10-18(3)15-11-13(7-8-14(15)16)12-17-9-5-2/h5,7-8,11,17H,2,4,6,9-10,12H2,1,3H3. The zero-order valence-electron chi connectivity index (χ0n) is 11.4. The molecule has 18 heavy (non-hydrogen) atoms. The van der Waals surface area contributed by atoms with E-state index in [1.807, 2.05) is 30.2 Å². The van der Waals surface area contributed by atoms with E-state index in [1.54, 1.807) is 6.07 Å². The molecule has 0 aliphatic heterocycles. The van der Waals surface area contributed by atoms with Crippen molar-refractivity contribution in [2.45, 2.75) is 26.3 Å². The molecule has 0 aliphatic carbocycles. The first-order valence-electron chi connectivity index (χ1n) is 6.50. The summed E-state index contributed by atoms with van der Waals surface area (Å²) < 4.78 is 13.8. The van der Waals surface area contributed by atoms with Crippen molar-refractivity contribution in [1.29, 1.82) is 0 Å². The number of unbranched alkanes of at least 4 members (excludes halogenated alkanes) is 1. The van der Waals surface area contributed by atoms with Crippen LogP contribution < -0.4 is 10.2 Å². The van der Waals surface area contributed by atoms with Crippen LogP contribution in [0.4, 0.5) is 10.1 Å². The molecule has 1 aromatic carbocycles. The second-order valence-electron chi connectivity index (χ2n) is 4.48. The van der Waals surface area contributed by atoms with Gasteiger partial charge in [0.15, 0.2) is 0 Å². The third-order valence-electron chi connectivity index (χ3n) is 2.89. The summed E-state index contributed by atoms with van der Waals surface area (Å²) in [6, 6.07) is 5.28. The zero-order valence-corrected chi connectivity index (χ0v) is 11.4. The molecule has 0 saturated carbocycles. The van der Waals surface area contributed by atoms with E-state index in [2.05, 4.69) is 18.8 Å². The molecule has 0 heterocycles. The summed E-state index contributed by atoms with van der Waals surface area (Å²) in [5.41, 5.74) is 1.78. The van der Waals surface area contributed by atoms with Gasteiger partial charge in [0.2, 0.25) is 0 Å². The van der Waals surface area contributed by atoms with Crippen LogP contribution in [0.5, 0.6) is 0 Å². The molecular weight excluding hydrogens is 227 g/mol. The van der Waals surface area contributed by atoms with E-state index in [1.165, 1.54) is 0 Å². The first kappa shape index (κ1) is 14.7. The van der Waals surface area contributed by atoms with Gasteiger partial charge in [-0.2, -0.15) is 0 Å². The quantitative estimate of drug-likeness (QED) is 0.562. The monoisotopic (exact) mass is 250 g/mol. The average Bonchev–Trinajstić information content (AvgIpc) is 2.38. The lowest BCUT2D eigenvalue weighted by atomic mass is 10.1. The lowest BCUT2D eigenvalue weighted by Crippen LogP contribution is -2.20. The van der Waals surface area contributed by atoms with Crippen LogP contribution in [0.25, 0.3) is 0 Å². The molecule has 0 atom stereocenters. The summed E-state index contributed by atoms with van der Waals surface area (Å²) >= 11 is 0. The van der Waals surface area contributed by atoms with Crippen molar-refractivity contribution >= 4 is 5.69 Å². The van der Waals surface area contributed by atoms with E-state index in [-0.39, 0.29) is 5.82 Å². The summed E-state index contributed by atoms with van der Waals surface area (Å²) in [6.07, 6.45) is 4.01. The van der Waals surface area contributed by atoms with Gasteiger partial charge in [0.1, 0.15) is 5.82 Å². The van der Waals surface area contributed by atoms with Crippen LogP contribution in [0.2, 0.25) is 0 Å². The maximum atomic E-state index is 13.8. The molecule has 0 aromatic heterocycles. The first-order chi connectivity index (χ1) is 8.69. The minimum absolute atomic E-state index is 0.152. The predicted molar refractivity (Wildman–Crippen MR) is 76.5 cm³/mol. The minimum Gasteiger partial charge on any atom is -0.372 e. The number of hydrogen-bond donors (Lipinski definition) is 1. The number of anilines is 1. The maximum absolute atomic E-state index is 13.8. The van der Waals surface area contributed by atoms with Gasteiger partial charge in [-0.15, -0.1) is 6.58 Å². The van der Waals surface area contributed by atoms with Gasteiger partial charge < -0.3 is 10.2 Å². The van der Waals surface area contributed by atoms with Crippen LogP contribution in [0.15, 0.2) is 30.9 Å². The van der Waals surface area contributed by atoms with E-state index >= 15 is 0 Å². The summed E-state index contributed by atoms with van der Waals surface area (Å²) in [7, 11) is 1.94. The molecule has 1 N–H and O–H groups in total. The van der Waals surface area contributed by atoms with Crippen molar-refractivity contribution in [3.05, 3.63) is 42.2 Å². The average molecular weight is 250 g/mol. The highest BCUT2D eigenvalue weighted by atomic mass is 19.1. The molecule has 0 bridgehead atoms. The highest BCUT2D eigenvalue weighted by Gasteiger charge is 2.08. The number of rotatable bonds is 8. The van der Waals surface area contributed by atoms with Crippen LogP contribution in [0, 0.1) is 5.82 Å². The van der Waals surface area contributed by atoms with E-state index < -0.39 is 0 Å². The summed E-state index contributed by atoms with van der Waals surface area (Å²) in [4.78, 5) is 1.98. The highest BCUT2D eigenvalue weighted by molar-refractivity contribution is 5.49. The Kier molecular flexibility index (Phi) is 6.44. The third kappa shape index (κ3) is 4.49. The van der Waals surface area contributed by atoms with Gasteiger partial charge in [-0.25, -0.2) is 4.39 Å². The Balaban J connectivity index is 2.70. The Morgan fingerprint density at radius 2 is 2.22 bits per heavy atom. The molecule has 1 rings (SSSR count). The van der Waals surface area contributed by atoms with E-state index in [0.717, 1.165) is 38.0 Å². The fraction of sp³-hybridized carbons (Fsp3) is 0.467. The normalized spacial score (nSPS) is 10.4. The molecule has 0 amide bonds. The second-order valence-corrected chi connectivity index (χ2v) is 4.48. The molecular formula is C15H23FN2.